The van der Waals surface area contributed by atoms with Crippen molar-refractivity contribution in [3.05, 3.63) is 200 Å². The number of furan rings is 1. The molecule has 0 aliphatic heterocycles. The van der Waals surface area contributed by atoms with E-state index in [2.05, 4.69) is 229 Å². The van der Waals surface area contributed by atoms with Crippen molar-refractivity contribution in [3.8, 4) is 0 Å². The first kappa shape index (κ1) is 34.5. The molecule has 12 aromatic rings. The molecular weight excluding hydrogens is 731 g/mol. The van der Waals surface area contributed by atoms with E-state index in [1.807, 2.05) is 0 Å². The average Bonchev–Trinajstić information content (AvgIpc) is 3.92. The van der Waals surface area contributed by atoms with Crippen LogP contribution in [0.2, 0.25) is 0 Å². The molecule has 0 amide bonds. The minimum absolute atomic E-state index is 0.00194. The summed E-state index contributed by atoms with van der Waals surface area (Å²) in [6.45, 7) is 6.91. The Balaban J connectivity index is 1.09. The van der Waals surface area contributed by atoms with Crippen molar-refractivity contribution in [2.24, 2.45) is 0 Å². The van der Waals surface area contributed by atoms with E-state index in [1.54, 1.807) is 0 Å². The number of fused-ring (bicyclic) bond motifs is 10. The topological polar surface area (TPSA) is 24.0 Å². The van der Waals surface area contributed by atoms with Crippen LogP contribution in [0.1, 0.15) is 26.3 Å². The van der Waals surface area contributed by atoms with Crippen molar-refractivity contribution < 1.29 is 4.42 Å². The summed E-state index contributed by atoms with van der Waals surface area (Å²) in [7, 11) is 0. The van der Waals surface area contributed by atoms with Crippen LogP contribution in [-0.4, -0.2) is 4.40 Å². The fourth-order valence-electron chi connectivity index (χ4n) is 9.52. The Kier molecular flexibility index (Phi) is 7.45. The molecule has 0 spiro atoms. The fourth-order valence-corrected chi connectivity index (χ4v) is 9.52. The Bertz CT molecular complexity index is 3490. The van der Waals surface area contributed by atoms with Gasteiger partial charge >= 0.3 is 0 Å². The van der Waals surface area contributed by atoms with Crippen molar-refractivity contribution in [2.45, 2.75) is 26.2 Å². The van der Waals surface area contributed by atoms with E-state index in [9.17, 15) is 0 Å². The predicted octanol–water partition coefficient (Wildman–Crippen LogP) is 16.1. The molecule has 9 aromatic carbocycles. The zero-order valence-corrected chi connectivity index (χ0v) is 33.7. The lowest BCUT2D eigenvalue weighted by molar-refractivity contribution is 0.591. The minimum atomic E-state index is -0.00194. The zero-order chi connectivity index (χ0) is 40.1. The number of nitrogens with zero attached hydrogens (tertiary/aromatic N) is 3. The maximum Gasteiger partial charge on any atom is 0.137 e. The summed E-state index contributed by atoms with van der Waals surface area (Å²) in [6.07, 6.45) is 0. The van der Waals surface area contributed by atoms with Crippen molar-refractivity contribution in [1.82, 2.24) is 4.40 Å². The average molecular weight is 772 g/mol. The largest absolute Gasteiger partial charge is 0.456 e. The predicted molar refractivity (Wildman–Crippen MR) is 254 cm³/mol. The van der Waals surface area contributed by atoms with Crippen molar-refractivity contribution in [3.63, 3.8) is 0 Å². The van der Waals surface area contributed by atoms with Crippen LogP contribution < -0.4 is 9.80 Å². The number of rotatable bonds is 6. The smallest absolute Gasteiger partial charge is 0.137 e. The Morgan fingerprint density at radius 1 is 0.400 bits per heavy atom. The van der Waals surface area contributed by atoms with Gasteiger partial charge in [0.15, 0.2) is 0 Å². The number of hydrogen-bond donors (Lipinski definition) is 0. The zero-order valence-electron chi connectivity index (χ0n) is 33.7. The monoisotopic (exact) mass is 771 g/mol. The quantitative estimate of drug-likeness (QED) is 0.168. The highest BCUT2D eigenvalue weighted by atomic mass is 16.3. The molecular formula is C56H41N3O. The first-order chi connectivity index (χ1) is 29.4. The third-order valence-corrected chi connectivity index (χ3v) is 12.4. The Morgan fingerprint density at radius 3 is 1.57 bits per heavy atom. The molecule has 0 radical (unpaired) electrons. The summed E-state index contributed by atoms with van der Waals surface area (Å²) in [5.74, 6) is 0. The summed E-state index contributed by atoms with van der Waals surface area (Å²) in [4.78, 5) is 4.69. The molecule has 0 saturated carbocycles. The number of para-hydroxylation sites is 4. The van der Waals surface area contributed by atoms with Gasteiger partial charge in [0.25, 0.3) is 0 Å². The molecule has 4 nitrogen and oxygen atoms in total. The van der Waals surface area contributed by atoms with E-state index in [-0.39, 0.29) is 5.41 Å². The Hall–Kier alpha value is -7.56. The maximum atomic E-state index is 6.73. The summed E-state index contributed by atoms with van der Waals surface area (Å²) < 4.78 is 9.25. The van der Waals surface area contributed by atoms with Crippen LogP contribution in [0.25, 0.3) is 70.8 Å². The summed E-state index contributed by atoms with van der Waals surface area (Å²) >= 11 is 0. The van der Waals surface area contributed by atoms with Crippen LogP contribution in [0.5, 0.6) is 0 Å². The van der Waals surface area contributed by atoms with E-state index in [1.165, 1.54) is 54.7 Å². The summed E-state index contributed by atoms with van der Waals surface area (Å²) in [5, 5.41) is 9.58. The maximum absolute atomic E-state index is 6.73. The lowest BCUT2D eigenvalue weighted by Crippen LogP contribution is -2.11. The fraction of sp³-hybridized carbons (Fsp3) is 0.0714. The van der Waals surface area contributed by atoms with E-state index in [4.69, 9.17) is 4.42 Å². The first-order valence-electron chi connectivity index (χ1n) is 20.8. The first-order valence-corrected chi connectivity index (χ1v) is 20.8. The third-order valence-electron chi connectivity index (χ3n) is 12.4. The molecule has 0 N–H and O–H groups in total. The highest BCUT2D eigenvalue weighted by Crippen LogP contribution is 2.49. The van der Waals surface area contributed by atoms with Crippen LogP contribution in [0.15, 0.2) is 199 Å². The second kappa shape index (κ2) is 13.0. The standard InChI is InChI=1S/C56H41N3O/c1-56(2,3)38-24-28-49-48(34-38)54-50(58(41-20-12-6-13-21-41)42-22-14-7-15-23-42)29-27-45-46-30-37-33-52-47(31-36(37)32-51(46)59(49)55(45)54)44-26-25-43(35-53(44)60-52)57(39-16-8-4-9-17-39)40-18-10-5-11-19-40/h4-35H,1-3H3. The highest BCUT2D eigenvalue weighted by molar-refractivity contribution is 6.29. The molecule has 286 valence electrons. The molecule has 3 aromatic heterocycles. The second-order valence-corrected chi connectivity index (χ2v) is 17.0. The second-order valence-electron chi connectivity index (χ2n) is 17.0. The molecule has 0 aliphatic rings. The van der Waals surface area contributed by atoms with E-state index >= 15 is 0 Å². The van der Waals surface area contributed by atoms with Crippen LogP contribution in [0.4, 0.5) is 34.1 Å². The molecule has 0 atom stereocenters. The molecule has 0 bridgehead atoms. The van der Waals surface area contributed by atoms with Crippen molar-refractivity contribution >= 4 is 105 Å². The van der Waals surface area contributed by atoms with Gasteiger partial charge in [-0.15, -0.1) is 0 Å². The van der Waals surface area contributed by atoms with E-state index < -0.39 is 0 Å². The third kappa shape index (κ3) is 5.24. The van der Waals surface area contributed by atoms with Gasteiger partial charge in [-0.05, 0) is 125 Å². The van der Waals surface area contributed by atoms with Gasteiger partial charge in [-0.1, -0.05) is 106 Å². The molecule has 0 aliphatic carbocycles. The van der Waals surface area contributed by atoms with Crippen LogP contribution in [-0.2, 0) is 5.41 Å². The Labute approximate surface area is 348 Å². The molecule has 60 heavy (non-hydrogen) atoms. The van der Waals surface area contributed by atoms with E-state index in [0.29, 0.717) is 0 Å². The van der Waals surface area contributed by atoms with Gasteiger partial charge in [0.1, 0.15) is 11.2 Å². The lowest BCUT2D eigenvalue weighted by atomic mass is 9.86. The van der Waals surface area contributed by atoms with Gasteiger partial charge in [-0.2, -0.15) is 0 Å². The molecule has 3 heterocycles. The van der Waals surface area contributed by atoms with Gasteiger partial charge < -0.3 is 18.6 Å². The van der Waals surface area contributed by atoms with Gasteiger partial charge in [0, 0.05) is 66.8 Å². The molecule has 0 fully saturated rings. The lowest BCUT2D eigenvalue weighted by Gasteiger charge is -2.26. The minimum Gasteiger partial charge on any atom is -0.456 e. The molecule has 12 rings (SSSR count). The van der Waals surface area contributed by atoms with Crippen LogP contribution in [0, 0.1) is 0 Å². The normalized spacial score (nSPS) is 12.2. The van der Waals surface area contributed by atoms with Gasteiger partial charge in [0.2, 0.25) is 0 Å². The van der Waals surface area contributed by atoms with Crippen molar-refractivity contribution in [1.29, 1.82) is 0 Å². The van der Waals surface area contributed by atoms with Gasteiger partial charge in [-0.25, -0.2) is 0 Å². The molecule has 0 saturated heterocycles. The molecule has 0 unspecified atom stereocenters. The number of aromatic nitrogens is 1. The van der Waals surface area contributed by atoms with Gasteiger partial charge in [-0.3, -0.25) is 0 Å². The van der Waals surface area contributed by atoms with Crippen LogP contribution >= 0.6 is 0 Å². The number of benzene rings is 9. The van der Waals surface area contributed by atoms with Crippen LogP contribution in [0.3, 0.4) is 0 Å². The van der Waals surface area contributed by atoms with E-state index in [0.717, 1.165) is 55.8 Å². The Morgan fingerprint density at radius 2 is 0.950 bits per heavy atom. The summed E-state index contributed by atoms with van der Waals surface area (Å²) in [5.41, 5.74) is 13.4. The highest BCUT2D eigenvalue weighted by Gasteiger charge is 2.26. The summed E-state index contributed by atoms with van der Waals surface area (Å²) in [6, 6.07) is 70.2. The SMILES string of the molecule is CC(C)(C)c1ccc2c(c1)c1c(N(c3ccccc3)c3ccccc3)ccc3c4cc5cc6oc7cc(N(c8ccccc8)c8ccccc8)ccc7c6cc5cc4n2c31. The van der Waals surface area contributed by atoms with Gasteiger partial charge in [0.05, 0.1) is 22.2 Å². The van der Waals surface area contributed by atoms with Crippen molar-refractivity contribution in [2.75, 3.05) is 9.80 Å². The number of anilines is 6. The molecule has 4 heteroatoms. The number of hydrogen-bond acceptors (Lipinski definition) is 3.